The molecule has 0 unspecified atom stereocenters. The number of hydrogen-bond donors (Lipinski definition) is 0. The fourth-order valence-electron chi connectivity index (χ4n) is 1.53. The fraction of sp³-hybridized carbons (Fsp3) is 1.00. The van der Waals surface area contributed by atoms with Crippen LogP contribution >= 0.6 is 15.9 Å². The molecule has 1 rings (SSSR count). The highest BCUT2D eigenvalue weighted by Crippen LogP contribution is 2.45. The predicted octanol–water partition coefficient (Wildman–Crippen LogP) is 1.99. The van der Waals surface area contributed by atoms with Crippen molar-refractivity contribution in [2.75, 3.05) is 17.3 Å². The average Bonchev–Trinajstić information content (AvgIpc) is 1.84. The number of sulfone groups is 1. The van der Waals surface area contributed by atoms with Crippen LogP contribution in [0.1, 0.15) is 25.7 Å². The van der Waals surface area contributed by atoms with Gasteiger partial charge in [0.15, 0.2) is 0 Å². The summed E-state index contributed by atoms with van der Waals surface area (Å²) in [5.41, 5.74) is 0.309. The van der Waals surface area contributed by atoms with Crippen molar-refractivity contribution in [3.8, 4) is 0 Å². The minimum Gasteiger partial charge on any atom is -0.229 e. The van der Waals surface area contributed by atoms with Gasteiger partial charge in [0.25, 0.3) is 0 Å². The van der Waals surface area contributed by atoms with Crippen molar-refractivity contribution >= 4 is 25.8 Å². The molecule has 0 radical (unpaired) electrons. The molecule has 0 aliphatic heterocycles. The second-order valence-electron chi connectivity index (χ2n) is 3.87. The fourth-order valence-corrected chi connectivity index (χ4v) is 3.17. The van der Waals surface area contributed by atoms with Crippen LogP contribution in [-0.2, 0) is 9.84 Å². The minimum absolute atomic E-state index is 0.309. The third-order valence-corrected chi connectivity index (χ3v) is 4.84. The number of halogens is 1. The van der Waals surface area contributed by atoms with Crippen LogP contribution in [0.2, 0.25) is 0 Å². The molecule has 4 heteroatoms. The normalized spacial score (nSPS) is 21.8. The summed E-state index contributed by atoms with van der Waals surface area (Å²) in [7, 11) is -2.76. The van der Waals surface area contributed by atoms with Gasteiger partial charge in [0.05, 0.1) is 5.75 Å². The lowest BCUT2D eigenvalue weighted by Gasteiger charge is -2.40. The highest BCUT2D eigenvalue weighted by molar-refractivity contribution is 9.09. The zero-order chi connectivity index (χ0) is 9.24. The molecule has 0 amide bonds. The Bertz CT molecular complexity index is 236. The lowest BCUT2D eigenvalue weighted by molar-refractivity contribution is 0.164. The Kier molecular flexibility index (Phi) is 3.21. The number of hydrogen-bond acceptors (Lipinski definition) is 2. The summed E-state index contributed by atoms with van der Waals surface area (Å²) in [6.45, 7) is 0. The third-order valence-electron chi connectivity index (χ3n) is 2.70. The first-order valence-corrected chi connectivity index (χ1v) is 7.39. The maximum atomic E-state index is 10.9. The molecule has 0 saturated heterocycles. The zero-order valence-corrected chi connectivity index (χ0v) is 9.75. The highest BCUT2D eigenvalue weighted by atomic mass is 79.9. The quantitative estimate of drug-likeness (QED) is 0.720. The molecule has 0 aromatic carbocycles. The molecule has 12 heavy (non-hydrogen) atoms. The Balaban J connectivity index is 2.40. The SMILES string of the molecule is CS(=O)(=O)CCC1(CBr)CCC1. The van der Waals surface area contributed by atoms with Gasteiger partial charge in [-0.15, -0.1) is 0 Å². The van der Waals surface area contributed by atoms with Crippen molar-refractivity contribution in [3.63, 3.8) is 0 Å². The Labute approximate surface area is 82.8 Å². The van der Waals surface area contributed by atoms with Crippen LogP contribution in [0.25, 0.3) is 0 Å². The zero-order valence-electron chi connectivity index (χ0n) is 7.35. The second kappa shape index (κ2) is 3.66. The van der Waals surface area contributed by atoms with Gasteiger partial charge in [0, 0.05) is 11.6 Å². The smallest absolute Gasteiger partial charge is 0.147 e. The molecular formula is C8H15BrO2S. The molecule has 0 spiro atoms. The van der Waals surface area contributed by atoms with Crippen LogP contribution in [0.3, 0.4) is 0 Å². The van der Waals surface area contributed by atoms with Gasteiger partial charge in [0.1, 0.15) is 9.84 Å². The first-order chi connectivity index (χ1) is 5.47. The van der Waals surface area contributed by atoms with E-state index in [1.165, 1.54) is 25.5 Å². The molecule has 72 valence electrons. The van der Waals surface area contributed by atoms with Crippen molar-refractivity contribution in [1.29, 1.82) is 0 Å². The Morgan fingerprint density at radius 3 is 2.25 bits per heavy atom. The maximum Gasteiger partial charge on any atom is 0.147 e. The van der Waals surface area contributed by atoms with E-state index in [4.69, 9.17) is 0 Å². The summed E-state index contributed by atoms with van der Waals surface area (Å²) in [5.74, 6) is 0.346. The monoisotopic (exact) mass is 254 g/mol. The van der Waals surface area contributed by atoms with Crippen LogP contribution in [0.5, 0.6) is 0 Å². The van der Waals surface area contributed by atoms with Gasteiger partial charge in [-0.3, -0.25) is 0 Å². The van der Waals surface area contributed by atoms with Crippen molar-refractivity contribution < 1.29 is 8.42 Å². The van der Waals surface area contributed by atoms with Crippen molar-refractivity contribution in [3.05, 3.63) is 0 Å². The Hall–Kier alpha value is 0.430. The van der Waals surface area contributed by atoms with E-state index in [1.807, 2.05) is 0 Å². The molecule has 1 fully saturated rings. The van der Waals surface area contributed by atoms with Crippen molar-refractivity contribution in [2.24, 2.45) is 5.41 Å². The van der Waals surface area contributed by atoms with Gasteiger partial charge < -0.3 is 0 Å². The predicted molar refractivity (Wildman–Crippen MR) is 54.4 cm³/mol. The topological polar surface area (TPSA) is 34.1 Å². The Morgan fingerprint density at radius 2 is 2.00 bits per heavy atom. The summed E-state index contributed by atoms with van der Waals surface area (Å²) < 4.78 is 21.8. The van der Waals surface area contributed by atoms with E-state index in [9.17, 15) is 8.42 Å². The van der Waals surface area contributed by atoms with E-state index in [0.717, 1.165) is 11.8 Å². The van der Waals surface area contributed by atoms with Crippen LogP contribution in [-0.4, -0.2) is 25.8 Å². The van der Waals surface area contributed by atoms with Gasteiger partial charge in [-0.05, 0) is 24.7 Å². The van der Waals surface area contributed by atoms with E-state index in [-0.39, 0.29) is 0 Å². The average molecular weight is 255 g/mol. The molecule has 2 nitrogen and oxygen atoms in total. The van der Waals surface area contributed by atoms with E-state index in [1.54, 1.807) is 0 Å². The first-order valence-electron chi connectivity index (χ1n) is 4.21. The summed E-state index contributed by atoms with van der Waals surface area (Å²) in [5, 5.41) is 0.954. The molecule has 1 aliphatic carbocycles. The standard InChI is InChI=1S/C8H15BrO2S/c1-12(10,11)6-5-8(7-9)3-2-4-8/h2-7H2,1H3. The minimum atomic E-state index is -2.76. The van der Waals surface area contributed by atoms with Gasteiger partial charge in [-0.2, -0.15) is 0 Å². The molecule has 1 aliphatic rings. The second-order valence-corrected chi connectivity index (χ2v) is 6.69. The van der Waals surface area contributed by atoms with Crippen LogP contribution in [0.4, 0.5) is 0 Å². The molecule has 0 bridgehead atoms. The maximum absolute atomic E-state index is 10.9. The van der Waals surface area contributed by atoms with E-state index in [2.05, 4.69) is 15.9 Å². The third kappa shape index (κ3) is 2.73. The molecule has 1 saturated carbocycles. The summed E-state index contributed by atoms with van der Waals surface area (Å²) >= 11 is 3.46. The van der Waals surface area contributed by atoms with Crippen LogP contribution < -0.4 is 0 Å². The first kappa shape index (κ1) is 10.5. The van der Waals surface area contributed by atoms with E-state index >= 15 is 0 Å². The van der Waals surface area contributed by atoms with Crippen molar-refractivity contribution in [1.82, 2.24) is 0 Å². The van der Waals surface area contributed by atoms with E-state index in [0.29, 0.717) is 11.2 Å². The largest absolute Gasteiger partial charge is 0.229 e. The molecule has 0 heterocycles. The van der Waals surface area contributed by atoms with Crippen molar-refractivity contribution in [2.45, 2.75) is 25.7 Å². The molecular weight excluding hydrogens is 240 g/mol. The highest BCUT2D eigenvalue weighted by Gasteiger charge is 2.35. The van der Waals surface area contributed by atoms with E-state index < -0.39 is 9.84 Å². The Morgan fingerprint density at radius 1 is 1.42 bits per heavy atom. The summed E-state index contributed by atoms with van der Waals surface area (Å²) in [6, 6.07) is 0. The molecule has 0 aromatic rings. The number of rotatable bonds is 4. The lowest BCUT2D eigenvalue weighted by Crippen LogP contribution is -2.33. The lowest BCUT2D eigenvalue weighted by atomic mass is 9.69. The molecule has 0 N–H and O–H groups in total. The summed E-state index contributed by atoms with van der Waals surface area (Å²) in [4.78, 5) is 0. The molecule has 0 aromatic heterocycles. The van der Waals surface area contributed by atoms with Gasteiger partial charge >= 0.3 is 0 Å². The molecule has 0 atom stereocenters. The van der Waals surface area contributed by atoms with Gasteiger partial charge in [-0.1, -0.05) is 22.4 Å². The van der Waals surface area contributed by atoms with Gasteiger partial charge in [-0.25, -0.2) is 8.42 Å². The van der Waals surface area contributed by atoms with Crippen LogP contribution in [0, 0.1) is 5.41 Å². The van der Waals surface area contributed by atoms with Gasteiger partial charge in [0.2, 0.25) is 0 Å². The van der Waals surface area contributed by atoms with Crippen LogP contribution in [0.15, 0.2) is 0 Å². The number of alkyl halides is 1. The summed E-state index contributed by atoms with van der Waals surface area (Å²) in [6.07, 6.45) is 5.78.